The summed E-state index contributed by atoms with van der Waals surface area (Å²) in [5.74, 6) is 0. The number of benzene rings is 1. The molecule has 2 amide bonds. The van der Waals surface area contributed by atoms with Crippen molar-refractivity contribution in [2.45, 2.75) is 62.0 Å². The van der Waals surface area contributed by atoms with E-state index in [1.165, 1.54) is 12.8 Å². The second-order valence-electron chi connectivity index (χ2n) is 6.68. The number of ether oxygens (including phenoxy) is 1. The molecule has 2 fully saturated rings. The molecule has 0 unspecified atom stereocenters. The Kier molecular flexibility index (Phi) is 5.17. The van der Waals surface area contributed by atoms with E-state index in [-0.39, 0.29) is 17.7 Å². The molecule has 1 aliphatic carbocycles. The number of anilines is 1. The highest BCUT2D eigenvalue weighted by molar-refractivity contribution is 7.98. The standard InChI is InChI=1S/C18H26N2O2S/c1-13-6-5-7-15(23-2)16(13)20-17(21)19-14-8-11-22-18(12-14)9-3-4-10-18/h5-7,14H,3-4,8-12H2,1-2H3,(H2,19,20,21)/t14-/m0/s1. The number of aryl methyl sites for hydroxylation is 1. The normalized spacial score (nSPS) is 23.0. The van der Waals surface area contributed by atoms with E-state index in [2.05, 4.69) is 10.6 Å². The fourth-order valence-electron chi connectivity index (χ4n) is 3.82. The van der Waals surface area contributed by atoms with Gasteiger partial charge < -0.3 is 15.4 Å². The molecule has 1 aliphatic heterocycles. The molecule has 23 heavy (non-hydrogen) atoms. The van der Waals surface area contributed by atoms with Crippen LogP contribution in [0.5, 0.6) is 0 Å². The zero-order chi connectivity index (χ0) is 16.3. The Labute approximate surface area is 142 Å². The first-order chi connectivity index (χ1) is 11.1. The minimum absolute atomic E-state index is 0.0310. The van der Waals surface area contributed by atoms with E-state index in [0.29, 0.717) is 0 Å². The Bertz CT molecular complexity index is 570. The number of para-hydroxylation sites is 1. The predicted octanol–water partition coefficient (Wildman–Crippen LogP) is 4.33. The maximum absolute atomic E-state index is 12.4. The highest BCUT2D eigenvalue weighted by Crippen LogP contribution is 2.40. The molecule has 1 saturated heterocycles. The number of carbonyl (C=O) groups excluding carboxylic acids is 1. The summed E-state index contributed by atoms with van der Waals surface area (Å²) >= 11 is 1.65. The lowest BCUT2D eigenvalue weighted by atomic mass is 9.89. The van der Waals surface area contributed by atoms with Gasteiger partial charge in [0.2, 0.25) is 0 Å². The number of carbonyl (C=O) groups is 1. The molecule has 1 spiro atoms. The number of rotatable bonds is 3. The zero-order valence-electron chi connectivity index (χ0n) is 14.0. The summed E-state index contributed by atoms with van der Waals surface area (Å²) in [6.45, 7) is 2.78. The minimum Gasteiger partial charge on any atom is -0.375 e. The quantitative estimate of drug-likeness (QED) is 0.809. The maximum Gasteiger partial charge on any atom is 0.319 e. The highest BCUT2D eigenvalue weighted by atomic mass is 32.2. The summed E-state index contributed by atoms with van der Waals surface area (Å²) < 4.78 is 6.04. The van der Waals surface area contributed by atoms with Gasteiger partial charge in [0, 0.05) is 17.5 Å². The summed E-state index contributed by atoms with van der Waals surface area (Å²) in [6.07, 6.45) is 8.66. The third kappa shape index (κ3) is 3.83. The first kappa shape index (κ1) is 16.7. The van der Waals surface area contributed by atoms with Crippen LogP contribution in [0.2, 0.25) is 0 Å². The number of urea groups is 1. The molecule has 2 aliphatic rings. The van der Waals surface area contributed by atoms with Crippen LogP contribution < -0.4 is 10.6 Å². The van der Waals surface area contributed by atoms with Crippen LogP contribution in [0.3, 0.4) is 0 Å². The predicted molar refractivity (Wildman–Crippen MR) is 95.3 cm³/mol. The molecule has 3 rings (SSSR count). The third-order valence-electron chi connectivity index (χ3n) is 5.04. The maximum atomic E-state index is 12.4. The Morgan fingerprint density at radius 3 is 2.87 bits per heavy atom. The average Bonchev–Trinajstić information content (AvgIpc) is 2.97. The molecule has 0 aromatic heterocycles. The van der Waals surface area contributed by atoms with Crippen LogP contribution >= 0.6 is 11.8 Å². The summed E-state index contributed by atoms with van der Waals surface area (Å²) in [4.78, 5) is 13.5. The minimum atomic E-state index is -0.102. The first-order valence-electron chi connectivity index (χ1n) is 8.47. The Morgan fingerprint density at radius 2 is 2.13 bits per heavy atom. The molecule has 2 N–H and O–H groups in total. The average molecular weight is 334 g/mol. The van der Waals surface area contributed by atoms with Crippen LogP contribution in [-0.4, -0.2) is 30.5 Å². The topological polar surface area (TPSA) is 50.4 Å². The van der Waals surface area contributed by atoms with Crippen molar-refractivity contribution in [3.05, 3.63) is 23.8 Å². The molecule has 1 aromatic rings. The van der Waals surface area contributed by atoms with Crippen molar-refractivity contribution in [1.29, 1.82) is 0 Å². The van der Waals surface area contributed by atoms with Crippen LogP contribution in [-0.2, 0) is 4.74 Å². The van der Waals surface area contributed by atoms with Gasteiger partial charge in [0.05, 0.1) is 11.3 Å². The van der Waals surface area contributed by atoms with E-state index >= 15 is 0 Å². The Morgan fingerprint density at radius 1 is 1.35 bits per heavy atom. The van der Waals surface area contributed by atoms with Gasteiger partial charge in [-0.15, -0.1) is 11.8 Å². The molecule has 1 aromatic carbocycles. The lowest BCUT2D eigenvalue weighted by molar-refractivity contribution is -0.0818. The number of nitrogens with one attached hydrogen (secondary N) is 2. The van der Waals surface area contributed by atoms with Crippen LogP contribution in [0.25, 0.3) is 0 Å². The van der Waals surface area contributed by atoms with Gasteiger partial charge in [0.15, 0.2) is 0 Å². The molecule has 1 heterocycles. The van der Waals surface area contributed by atoms with E-state index in [9.17, 15) is 4.79 Å². The fourth-order valence-corrected chi connectivity index (χ4v) is 4.46. The molecule has 1 saturated carbocycles. The monoisotopic (exact) mass is 334 g/mol. The van der Waals surface area contributed by atoms with Gasteiger partial charge in [0.25, 0.3) is 0 Å². The zero-order valence-corrected chi connectivity index (χ0v) is 14.8. The van der Waals surface area contributed by atoms with Crippen molar-refractivity contribution in [1.82, 2.24) is 5.32 Å². The summed E-state index contributed by atoms with van der Waals surface area (Å²) in [5.41, 5.74) is 2.04. The Hall–Kier alpha value is -1.20. The van der Waals surface area contributed by atoms with E-state index in [1.807, 2.05) is 31.4 Å². The molecule has 4 nitrogen and oxygen atoms in total. The smallest absolute Gasteiger partial charge is 0.319 e. The van der Waals surface area contributed by atoms with Crippen LogP contribution in [0.4, 0.5) is 10.5 Å². The van der Waals surface area contributed by atoms with Gasteiger partial charge in [-0.1, -0.05) is 25.0 Å². The van der Waals surface area contributed by atoms with Crippen LogP contribution in [0, 0.1) is 6.92 Å². The summed E-state index contributed by atoms with van der Waals surface area (Å²) in [6, 6.07) is 6.19. The number of thioether (sulfide) groups is 1. The summed E-state index contributed by atoms with van der Waals surface area (Å²) in [7, 11) is 0. The Balaban J connectivity index is 1.61. The lowest BCUT2D eigenvalue weighted by Gasteiger charge is -2.38. The van der Waals surface area contributed by atoms with E-state index in [4.69, 9.17) is 4.74 Å². The van der Waals surface area contributed by atoms with E-state index in [0.717, 1.165) is 48.4 Å². The second kappa shape index (κ2) is 7.14. The van der Waals surface area contributed by atoms with E-state index in [1.54, 1.807) is 11.8 Å². The van der Waals surface area contributed by atoms with Crippen molar-refractivity contribution in [2.75, 3.05) is 18.2 Å². The van der Waals surface area contributed by atoms with Gasteiger partial charge >= 0.3 is 6.03 Å². The third-order valence-corrected chi connectivity index (χ3v) is 5.82. The molecule has 1 atom stereocenters. The number of amides is 2. The number of hydrogen-bond donors (Lipinski definition) is 2. The van der Waals surface area contributed by atoms with Crippen molar-refractivity contribution in [3.63, 3.8) is 0 Å². The van der Waals surface area contributed by atoms with Gasteiger partial charge in [0.1, 0.15) is 0 Å². The highest BCUT2D eigenvalue weighted by Gasteiger charge is 2.40. The molecule has 5 heteroatoms. The van der Waals surface area contributed by atoms with Crippen molar-refractivity contribution < 1.29 is 9.53 Å². The molecule has 0 bridgehead atoms. The van der Waals surface area contributed by atoms with Gasteiger partial charge in [-0.25, -0.2) is 4.79 Å². The number of hydrogen-bond acceptors (Lipinski definition) is 3. The molecule has 126 valence electrons. The first-order valence-corrected chi connectivity index (χ1v) is 9.69. The molecular formula is C18H26N2O2S. The summed E-state index contributed by atoms with van der Waals surface area (Å²) in [5, 5.41) is 6.20. The van der Waals surface area contributed by atoms with Crippen LogP contribution in [0.1, 0.15) is 44.1 Å². The van der Waals surface area contributed by atoms with Gasteiger partial charge in [-0.2, -0.15) is 0 Å². The molecular weight excluding hydrogens is 308 g/mol. The fraction of sp³-hybridized carbons (Fsp3) is 0.611. The van der Waals surface area contributed by atoms with Crippen LogP contribution in [0.15, 0.2) is 23.1 Å². The largest absolute Gasteiger partial charge is 0.375 e. The van der Waals surface area contributed by atoms with Crippen molar-refractivity contribution >= 4 is 23.5 Å². The second-order valence-corrected chi connectivity index (χ2v) is 7.53. The van der Waals surface area contributed by atoms with Crippen molar-refractivity contribution in [2.24, 2.45) is 0 Å². The SMILES string of the molecule is CSc1cccc(C)c1NC(=O)N[C@H]1CCOC2(CCCC2)C1. The lowest BCUT2D eigenvalue weighted by Crippen LogP contribution is -2.48. The van der Waals surface area contributed by atoms with Gasteiger partial charge in [-0.3, -0.25) is 0 Å². The van der Waals surface area contributed by atoms with E-state index < -0.39 is 0 Å². The van der Waals surface area contributed by atoms with Crippen molar-refractivity contribution in [3.8, 4) is 0 Å². The molecule has 0 radical (unpaired) electrons. The van der Waals surface area contributed by atoms with Gasteiger partial charge in [-0.05, 0) is 50.5 Å².